The van der Waals surface area contributed by atoms with Gasteiger partial charge in [-0.3, -0.25) is 0 Å². The van der Waals surface area contributed by atoms with Gasteiger partial charge >= 0.3 is 0 Å². The Morgan fingerprint density at radius 3 is 2.14 bits per heavy atom. The van der Waals surface area contributed by atoms with Crippen molar-refractivity contribution in [2.24, 2.45) is 5.73 Å². The molecule has 0 unspecified atom stereocenters. The zero-order chi connectivity index (χ0) is 21.7. The van der Waals surface area contributed by atoms with Gasteiger partial charge in [0, 0.05) is 29.2 Å². The van der Waals surface area contributed by atoms with E-state index in [2.05, 4.69) is 50.3 Å². The summed E-state index contributed by atoms with van der Waals surface area (Å²) in [6.07, 6.45) is 9.72. The second-order valence-corrected chi connectivity index (χ2v) is 5.20. The molecule has 0 aliphatic carbocycles. The number of nitrogens with zero attached hydrogens (tertiary/aromatic N) is 6. The van der Waals surface area contributed by atoms with E-state index in [0.717, 1.165) is 46.1 Å². The van der Waals surface area contributed by atoms with Crippen molar-refractivity contribution in [3.63, 3.8) is 0 Å². The first kappa shape index (κ1) is 25.7. The predicted molar refractivity (Wildman–Crippen MR) is 120 cm³/mol. The van der Waals surface area contributed by atoms with Crippen LogP contribution in [0.5, 0.6) is 0 Å². The average molecular weight is 404 g/mol. The lowest BCUT2D eigenvalue weighted by Gasteiger charge is -2.04. The molecule has 3 aromatic heterocycles. The van der Waals surface area contributed by atoms with Gasteiger partial charge in [-0.15, -0.1) is 0 Å². The van der Waals surface area contributed by atoms with E-state index in [4.69, 9.17) is 0 Å². The first-order valence-electron chi connectivity index (χ1n) is 9.28. The SMILES string of the molecule is CC.CCc1nn(-c2cncnc2C)cc1-c1cnc(C)nc1C.CN.CS. The van der Waals surface area contributed by atoms with Crippen LogP contribution in [0.15, 0.2) is 24.9 Å². The molecule has 0 radical (unpaired) electrons. The lowest BCUT2D eigenvalue weighted by atomic mass is 10.1. The van der Waals surface area contributed by atoms with Gasteiger partial charge in [-0.1, -0.05) is 20.8 Å². The maximum atomic E-state index is 4.68. The molecule has 3 rings (SSSR count). The van der Waals surface area contributed by atoms with Crippen molar-refractivity contribution in [2.45, 2.75) is 48.0 Å². The standard InChI is InChI=1S/C16H18N6.C2H6.CH5N.CH4S/c1-5-15-14(13-6-18-12(4)20-10(13)2)8-22(21-15)16-7-17-9-19-11(16)3;3*1-2/h6-9H,5H2,1-4H3;1-2H3;2H2,1H3;2H,1H3. The largest absolute Gasteiger partial charge is 0.333 e. The summed E-state index contributed by atoms with van der Waals surface area (Å²) in [5, 5.41) is 4.68. The summed E-state index contributed by atoms with van der Waals surface area (Å²) >= 11 is 3.53. The van der Waals surface area contributed by atoms with Crippen LogP contribution in [-0.2, 0) is 6.42 Å². The number of aromatic nitrogens is 6. The molecule has 0 amide bonds. The Bertz CT molecular complexity index is 831. The van der Waals surface area contributed by atoms with E-state index in [0.29, 0.717) is 0 Å². The quantitative estimate of drug-likeness (QED) is 0.647. The van der Waals surface area contributed by atoms with Crippen LogP contribution in [-0.4, -0.2) is 43.0 Å². The van der Waals surface area contributed by atoms with Gasteiger partial charge in [-0.2, -0.15) is 17.7 Å². The highest BCUT2D eigenvalue weighted by Gasteiger charge is 2.15. The van der Waals surface area contributed by atoms with Gasteiger partial charge in [0.1, 0.15) is 17.8 Å². The smallest absolute Gasteiger partial charge is 0.125 e. The zero-order valence-electron chi connectivity index (χ0n) is 18.2. The summed E-state index contributed by atoms with van der Waals surface area (Å²) in [4.78, 5) is 17.1. The van der Waals surface area contributed by atoms with E-state index in [-0.39, 0.29) is 0 Å². The molecule has 154 valence electrons. The molecule has 0 bridgehead atoms. The molecular weight excluding hydrogens is 370 g/mol. The molecule has 0 aromatic carbocycles. The molecule has 0 aliphatic rings. The lowest BCUT2D eigenvalue weighted by Crippen LogP contribution is -2.00. The van der Waals surface area contributed by atoms with Gasteiger partial charge in [-0.25, -0.2) is 24.6 Å². The second-order valence-electron chi connectivity index (χ2n) is 5.20. The van der Waals surface area contributed by atoms with Crippen LogP contribution in [0.1, 0.15) is 43.7 Å². The van der Waals surface area contributed by atoms with E-state index in [9.17, 15) is 0 Å². The van der Waals surface area contributed by atoms with Crippen molar-refractivity contribution < 1.29 is 0 Å². The van der Waals surface area contributed by atoms with E-state index < -0.39 is 0 Å². The topological polar surface area (TPSA) is 95.4 Å². The third-order valence-corrected chi connectivity index (χ3v) is 3.65. The molecule has 3 heterocycles. The third-order valence-electron chi connectivity index (χ3n) is 3.65. The number of thiol groups is 1. The average Bonchev–Trinajstić information content (AvgIpc) is 3.17. The summed E-state index contributed by atoms with van der Waals surface area (Å²) in [6, 6.07) is 0. The van der Waals surface area contributed by atoms with Crippen molar-refractivity contribution in [1.29, 1.82) is 0 Å². The van der Waals surface area contributed by atoms with Crippen molar-refractivity contribution in [3.05, 3.63) is 47.8 Å². The monoisotopic (exact) mass is 403 g/mol. The maximum absolute atomic E-state index is 4.68. The van der Waals surface area contributed by atoms with Gasteiger partial charge in [0.25, 0.3) is 0 Å². The first-order valence-corrected chi connectivity index (χ1v) is 10.2. The van der Waals surface area contributed by atoms with Crippen LogP contribution >= 0.6 is 12.6 Å². The van der Waals surface area contributed by atoms with Crippen LogP contribution in [0.25, 0.3) is 16.8 Å². The fourth-order valence-electron chi connectivity index (χ4n) is 2.48. The van der Waals surface area contributed by atoms with E-state index >= 15 is 0 Å². The van der Waals surface area contributed by atoms with Gasteiger partial charge in [0.15, 0.2) is 0 Å². The lowest BCUT2D eigenvalue weighted by molar-refractivity contribution is 0.820. The molecule has 2 N–H and O–H groups in total. The fraction of sp³-hybridized carbons (Fsp3) is 0.450. The van der Waals surface area contributed by atoms with E-state index in [1.165, 1.54) is 7.05 Å². The second kappa shape index (κ2) is 13.8. The van der Waals surface area contributed by atoms with Crippen LogP contribution in [0.3, 0.4) is 0 Å². The van der Waals surface area contributed by atoms with Gasteiger partial charge in [0.05, 0.1) is 17.6 Å². The number of hydrogen-bond acceptors (Lipinski definition) is 7. The minimum Gasteiger partial charge on any atom is -0.333 e. The molecular formula is C20H33N7S. The molecule has 0 spiro atoms. The number of nitrogens with two attached hydrogens (primary N) is 1. The first-order chi connectivity index (χ1) is 13.6. The fourth-order valence-corrected chi connectivity index (χ4v) is 2.48. The van der Waals surface area contributed by atoms with E-state index in [1.807, 2.05) is 51.7 Å². The normalized spacial score (nSPS) is 9.21. The molecule has 0 atom stereocenters. The Hall–Kier alpha value is -2.32. The van der Waals surface area contributed by atoms with Crippen LogP contribution < -0.4 is 5.73 Å². The molecule has 28 heavy (non-hydrogen) atoms. The van der Waals surface area contributed by atoms with E-state index in [1.54, 1.807) is 18.8 Å². The van der Waals surface area contributed by atoms with Gasteiger partial charge in [0.2, 0.25) is 0 Å². The summed E-state index contributed by atoms with van der Waals surface area (Å²) < 4.78 is 1.84. The Balaban J connectivity index is 0.00000111. The van der Waals surface area contributed by atoms with Crippen LogP contribution in [0.2, 0.25) is 0 Å². The minimum atomic E-state index is 0.777. The highest BCUT2D eigenvalue weighted by molar-refractivity contribution is 7.79. The van der Waals surface area contributed by atoms with Crippen molar-refractivity contribution in [2.75, 3.05) is 13.3 Å². The Kier molecular flexibility index (Phi) is 12.6. The molecule has 7 nitrogen and oxygen atoms in total. The Labute approximate surface area is 174 Å². The minimum absolute atomic E-state index is 0.777. The summed E-state index contributed by atoms with van der Waals surface area (Å²) in [6.45, 7) is 11.9. The Morgan fingerprint density at radius 1 is 0.964 bits per heavy atom. The molecule has 0 saturated carbocycles. The van der Waals surface area contributed by atoms with Crippen LogP contribution in [0, 0.1) is 20.8 Å². The number of aryl methyl sites for hydroxylation is 4. The Morgan fingerprint density at radius 2 is 1.61 bits per heavy atom. The highest BCUT2D eigenvalue weighted by Crippen LogP contribution is 2.26. The number of hydrogen-bond donors (Lipinski definition) is 2. The molecule has 8 heteroatoms. The molecule has 0 saturated heterocycles. The molecule has 0 aliphatic heterocycles. The van der Waals surface area contributed by atoms with Crippen molar-refractivity contribution in [3.8, 4) is 16.8 Å². The van der Waals surface area contributed by atoms with Crippen LogP contribution in [0.4, 0.5) is 0 Å². The predicted octanol–water partition coefficient (Wildman–Crippen LogP) is 3.75. The molecule has 0 fully saturated rings. The number of rotatable bonds is 3. The molecule has 3 aromatic rings. The summed E-state index contributed by atoms with van der Waals surface area (Å²) in [5.41, 5.74) is 10.3. The van der Waals surface area contributed by atoms with Crippen molar-refractivity contribution in [1.82, 2.24) is 29.7 Å². The van der Waals surface area contributed by atoms with Gasteiger partial charge < -0.3 is 5.73 Å². The summed E-state index contributed by atoms with van der Waals surface area (Å²) in [5.74, 6) is 0.777. The summed E-state index contributed by atoms with van der Waals surface area (Å²) in [7, 11) is 1.50. The highest BCUT2D eigenvalue weighted by atomic mass is 32.1. The third kappa shape index (κ3) is 6.38. The van der Waals surface area contributed by atoms with Gasteiger partial charge in [-0.05, 0) is 40.5 Å². The zero-order valence-corrected chi connectivity index (χ0v) is 19.1. The van der Waals surface area contributed by atoms with Crippen molar-refractivity contribution >= 4 is 12.6 Å². The maximum Gasteiger partial charge on any atom is 0.125 e.